The molecular weight excluding hydrogens is 376 g/mol. The molecule has 0 aromatic heterocycles. The van der Waals surface area contributed by atoms with E-state index in [0.29, 0.717) is 59.9 Å². The Kier molecular flexibility index (Phi) is 6.07. The monoisotopic (exact) mass is 416 g/mol. The minimum Gasteiger partial charge on any atom is -0.481 e. The number of fused-ring (bicyclic) bond motifs is 5. The molecule has 8 atom stereocenters. The Morgan fingerprint density at radius 2 is 1.93 bits per heavy atom. The van der Waals surface area contributed by atoms with Gasteiger partial charge in [-0.15, -0.1) is 0 Å². The van der Waals surface area contributed by atoms with Crippen LogP contribution < -0.4 is 0 Å². The number of aliphatic carboxylic acids is 1. The highest BCUT2D eigenvalue weighted by Gasteiger charge is 2.58. The molecule has 1 unspecified atom stereocenters. The second-order valence-electron chi connectivity index (χ2n) is 11.4. The summed E-state index contributed by atoms with van der Waals surface area (Å²) in [5.41, 5.74) is 2.51. The van der Waals surface area contributed by atoms with Crippen molar-refractivity contribution in [3.05, 3.63) is 11.6 Å². The van der Waals surface area contributed by atoms with E-state index in [1.807, 2.05) is 0 Å². The molecule has 4 aliphatic carbocycles. The van der Waals surface area contributed by atoms with Gasteiger partial charge in [-0.1, -0.05) is 32.4 Å². The van der Waals surface area contributed by atoms with Crippen molar-refractivity contribution >= 4 is 12.4 Å². The summed E-state index contributed by atoms with van der Waals surface area (Å²) in [6.45, 7) is 8.55. The lowest BCUT2D eigenvalue weighted by molar-refractivity contribution is -0.139. The molecule has 4 heteroatoms. The molecule has 4 nitrogen and oxygen atoms in total. The molecule has 168 valence electrons. The first kappa shape index (κ1) is 21.9. The molecule has 0 aromatic rings. The molecule has 0 aromatic carbocycles. The Bertz CT molecular complexity index is 699. The van der Waals surface area contributed by atoms with Crippen LogP contribution in [0.2, 0.25) is 0 Å². The molecule has 4 rings (SSSR count). The van der Waals surface area contributed by atoms with Crippen LogP contribution in [0.15, 0.2) is 11.6 Å². The van der Waals surface area contributed by atoms with Gasteiger partial charge in [-0.3, -0.25) is 9.59 Å². The second kappa shape index (κ2) is 8.31. The summed E-state index contributed by atoms with van der Waals surface area (Å²) in [5, 5.41) is 9.25. The van der Waals surface area contributed by atoms with Crippen LogP contribution in [-0.4, -0.2) is 24.2 Å². The van der Waals surface area contributed by atoms with E-state index in [1.165, 1.54) is 32.1 Å². The Hall–Kier alpha value is -1.32. The number of carbonyl (C=O) groups excluding carboxylic acids is 1. The fourth-order valence-electron chi connectivity index (χ4n) is 8.51. The summed E-state index contributed by atoms with van der Waals surface area (Å²) in [4.78, 5) is 21.7. The van der Waals surface area contributed by atoms with Crippen LogP contribution in [0.25, 0.3) is 0 Å². The molecule has 1 N–H and O–H groups in total. The van der Waals surface area contributed by atoms with E-state index < -0.39 is 5.97 Å². The molecule has 3 saturated carbocycles. The maximum Gasteiger partial charge on any atom is 0.303 e. The number of carboxylic acid groups (broad SMARTS) is 1. The highest BCUT2D eigenvalue weighted by atomic mass is 16.5. The lowest BCUT2D eigenvalue weighted by Gasteiger charge is -2.58. The van der Waals surface area contributed by atoms with Crippen LogP contribution in [0.5, 0.6) is 0 Å². The van der Waals surface area contributed by atoms with Crippen LogP contribution >= 0.6 is 0 Å². The third-order valence-corrected chi connectivity index (χ3v) is 10.2. The van der Waals surface area contributed by atoms with Crippen molar-refractivity contribution in [2.45, 2.75) is 85.0 Å². The average molecular weight is 417 g/mol. The summed E-state index contributed by atoms with van der Waals surface area (Å²) in [6, 6.07) is 0. The highest BCUT2D eigenvalue weighted by molar-refractivity contribution is 5.67. The van der Waals surface area contributed by atoms with Gasteiger partial charge >= 0.3 is 5.97 Å². The number of rotatable bonds is 7. The Balaban J connectivity index is 1.50. The predicted octanol–water partition coefficient (Wildman–Crippen LogP) is 5.86. The third kappa shape index (κ3) is 3.62. The van der Waals surface area contributed by atoms with Gasteiger partial charge in [0.25, 0.3) is 6.47 Å². The zero-order valence-corrected chi connectivity index (χ0v) is 19.1. The van der Waals surface area contributed by atoms with Gasteiger partial charge in [0.05, 0.1) is 6.61 Å². The van der Waals surface area contributed by atoms with Crippen LogP contribution in [0.1, 0.15) is 85.0 Å². The smallest absolute Gasteiger partial charge is 0.303 e. The number of hydrogen-bond donors (Lipinski definition) is 1. The minimum atomic E-state index is -0.631. The molecule has 4 aliphatic rings. The van der Waals surface area contributed by atoms with E-state index in [2.05, 4.69) is 26.8 Å². The number of allylic oxidation sites excluding steroid dienone is 2. The number of ether oxygens (including phenoxy) is 1. The van der Waals surface area contributed by atoms with Crippen molar-refractivity contribution in [1.82, 2.24) is 0 Å². The van der Waals surface area contributed by atoms with Gasteiger partial charge in [0.15, 0.2) is 0 Å². The van der Waals surface area contributed by atoms with E-state index >= 15 is 0 Å². The SMILES string of the molecule is C[C@H](CCOC=O)[C@H]1CC[C@H]2C3=CCC4C[C@@H](CC(=O)O)CC[C@]4(C)[C@H]3CC[C@]12C. The van der Waals surface area contributed by atoms with Gasteiger partial charge in [0.2, 0.25) is 0 Å². The van der Waals surface area contributed by atoms with E-state index in [4.69, 9.17) is 4.74 Å². The number of carboxylic acids is 1. The van der Waals surface area contributed by atoms with Crippen molar-refractivity contribution in [3.63, 3.8) is 0 Å². The molecule has 0 amide bonds. The third-order valence-electron chi connectivity index (χ3n) is 10.2. The normalized spacial score (nSPS) is 43.6. The standard InChI is InChI=1S/C26H40O4/c1-17(10-13-30-16-27)21-6-7-22-20-5-4-19-14-18(15-24(28)29)8-11-25(19,2)23(20)9-12-26(21,22)3/h5,16-19,21-23H,4,6-15H2,1-3H3,(H,28,29)/t17-,18+,19?,21-,22+,23+,25+,26-/m1/s1. The quantitative estimate of drug-likeness (QED) is 0.321. The molecular formula is C26H40O4. The first-order valence-corrected chi connectivity index (χ1v) is 12.3. The van der Waals surface area contributed by atoms with Gasteiger partial charge in [0, 0.05) is 6.42 Å². The molecule has 3 fully saturated rings. The van der Waals surface area contributed by atoms with Crippen LogP contribution in [0.3, 0.4) is 0 Å². The number of hydrogen-bond acceptors (Lipinski definition) is 3. The molecule has 0 spiro atoms. The van der Waals surface area contributed by atoms with Gasteiger partial charge in [-0.05, 0) is 104 Å². The van der Waals surface area contributed by atoms with Gasteiger partial charge in [-0.25, -0.2) is 0 Å². The Morgan fingerprint density at radius 3 is 2.67 bits per heavy atom. The van der Waals surface area contributed by atoms with Crippen molar-refractivity contribution < 1.29 is 19.4 Å². The fourth-order valence-corrected chi connectivity index (χ4v) is 8.51. The van der Waals surface area contributed by atoms with Crippen molar-refractivity contribution in [2.24, 2.45) is 46.3 Å². The molecule has 0 saturated heterocycles. The molecule has 0 radical (unpaired) electrons. The van der Waals surface area contributed by atoms with E-state index in [9.17, 15) is 14.7 Å². The summed E-state index contributed by atoms with van der Waals surface area (Å²) in [6.07, 6.45) is 13.7. The van der Waals surface area contributed by atoms with E-state index in [0.717, 1.165) is 31.6 Å². The van der Waals surface area contributed by atoms with Gasteiger partial charge in [-0.2, -0.15) is 0 Å². The van der Waals surface area contributed by atoms with Gasteiger partial charge < -0.3 is 9.84 Å². The van der Waals surface area contributed by atoms with Crippen molar-refractivity contribution in [3.8, 4) is 0 Å². The molecule has 30 heavy (non-hydrogen) atoms. The Labute approximate surface area is 181 Å². The largest absolute Gasteiger partial charge is 0.481 e. The molecule has 0 aliphatic heterocycles. The summed E-state index contributed by atoms with van der Waals surface area (Å²) >= 11 is 0. The van der Waals surface area contributed by atoms with Gasteiger partial charge in [0.1, 0.15) is 0 Å². The first-order valence-electron chi connectivity index (χ1n) is 12.3. The average Bonchev–Trinajstić information content (AvgIpc) is 3.05. The fraction of sp³-hybridized carbons (Fsp3) is 0.846. The second-order valence-corrected chi connectivity index (χ2v) is 11.4. The zero-order valence-electron chi connectivity index (χ0n) is 19.1. The zero-order chi connectivity index (χ0) is 21.5. The van der Waals surface area contributed by atoms with E-state index in [-0.39, 0.29) is 0 Å². The predicted molar refractivity (Wildman–Crippen MR) is 117 cm³/mol. The lowest BCUT2D eigenvalue weighted by atomic mass is 9.47. The number of carbonyl (C=O) groups is 2. The maximum absolute atomic E-state index is 11.2. The lowest BCUT2D eigenvalue weighted by Crippen LogP contribution is -2.49. The summed E-state index contributed by atoms with van der Waals surface area (Å²) in [5.74, 6) is 3.12. The van der Waals surface area contributed by atoms with Crippen LogP contribution in [-0.2, 0) is 14.3 Å². The van der Waals surface area contributed by atoms with Crippen LogP contribution in [0.4, 0.5) is 0 Å². The minimum absolute atomic E-state index is 0.349. The highest BCUT2D eigenvalue weighted by Crippen LogP contribution is 2.67. The molecule has 0 bridgehead atoms. The molecule has 0 heterocycles. The van der Waals surface area contributed by atoms with Crippen molar-refractivity contribution in [2.75, 3.05) is 6.61 Å². The summed E-state index contributed by atoms with van der Waals surface area (Å²) < 4.78 is 4.99. The maximum atomic E-state index is 11.2. The first-order chi connectivity index (χ1) is 14.3. The van der Waals surface area contributed by atoms with Crippen molar-refractivity contribution in [1.29, 1.82) is 0 Å². The summed E-state index contributed by atoms with van der Waals surface area (Å²) in [7, 11) is 0. The van der Waals surface area contributed by atoms with Crippen LogP contribution in [0, 0.1) is 46.3 Å². The Morgan fingerprint density at radius 1 is 1.20 bits per heavy atom. The van der Waals surface area contributed by atoms with E-state index in [1.54, 1.807) is 5.57 Å². The topological polar surface area (TPSA) is 63.6 Å².